The molecule has 202 valence electrons. The molecule has 0 spiro atoms. The lowest BCUT2D eigenvalue weighted by molar-refractivity contribution is 1.29. The smallest absolute Gasteiger partial charge is 0.0470 e. The average molecular weight is 567 g/mol. The van der Waals surface area contributed by atoms with Gasteiger partial charge in [0.25, 0.3) is 0 Å². The standard InChI is InChI=1S/C40H26N2S/c1-2-10-29(11-3-1)42(31-21-22-39-34(25-31)33-13-5-7-16-38(33)43-39)30-19-17-26(18-20-30)28-23-27-9-8-15-37-40(27)35(24-28)32-12-4-6-14-36(32)41-37/h1-25,41H. The molecule has 0 unspecified atom stereocenters. The second kappa shape index (κ2) is 9.59. The third-order valence-corrected chi connectivity index (χ3v) is 9.71. The zero-order chi connectivity index (χ0) is 28.3. The minimum atomic E-state index is 1.13. The summed E-state index contributed by atoms with van der Waals surface area (Å²) in [6, 6.07) is 55.0. The van der Waals surface area contributed by atoms with Crippen LogP contribution in [0.2, 0.25) is 0 Å². The summed E-state index contributed by atoms with van der Waals surface area (Å²) >= 11 is 1.86. The number of nitrogens with one attached hydrogen (secondary N) is 1. The van der Waals surface area contributed by atoms with Crippen LogP contribution in [-0.4, -0.2) is 0 Å². The monoisotopic (exact) mass is 566 g/mol. The fourth-order valence-electron chi connectivity index (χ4n) is 6.56. The minimum Gasteiger partial charge on any atom is -0.354 e. The Bertz CT molecular complexity index is 2320. The van der Waals surface area contributed by atoms with Gasteiger partial charge in [-0.05, 0) is 94.9 Å². The van der Waals surface area contributed by atoms with E-state index < -0.39 is 0 Å². The zero-order valence-electron chi connectivity index (χ0n) is 23.3. The molecule has 2 heterocycles. The molecule has 0 saturated heterocycles. The molecule has 1 N–H and O–H groups in total. The molecule has 7 aromatic carbocycles. The highest BCUT2D eigenvalue weighted by Crippen LogP contribution is 2.46. The van der Waals surface area contributed by atoms with Gasteiger partial charge >= 0.3 is 0 Å². The van der Waals surface area contributed by atoms with Crippen LogP contribution in [0.5, 0.6) is 0 Å². The first-order valence-corrected chi connectivity index (χ1v) is 15.4. The molecule has 0 amide bonds. The normalized spacial score (nSPS) is 11.9. The van der Waals surface area contributed by atoms with Crippen molar-refractivity contribution in [3.63, 3.8) is 0 Å². The Balaban J connectivity index is 1.17. The second-order valence-electron chi connectivity index (χ2n) is 11.1. The summed E-state index contributed by atoms with van der Waals surface area (Å²) in [6.07, 6.45) is 0. The number of benzene rings is 7. The first-order valence-electron chi connectivity index (χ1n) is 14.6. The van der Waals surface area contributed by atoms with Crippen LogP contribution < -0.4 is 10.2 Å². The lowest BCUT2D eigenvalue weighted by atomic mass is 9.89. The summed E-state index contributed by atoms with van der Waals surface area (Å²) in [5.41, 5.74) is 10.7. The van der Waals surface area contributed by atoms with Crippen molar-refractivity contribution in [1.82, 2.24) is 0 Å². The highest BCUT2D eigenvalue weighted by atomic mass is 32.1. The van der Waals surface area contributed by atoms with Gasteiger partial charge in [-0.15, -0.1) is 11.3 Å². The molecule has 43 heavy (non-hydrogen) atoms. The summed E-state index contributed by atoms with van der Waals surface area (Å²) in [5.74, 6) is 0. The molecular formula is C40H26N2S. The number of thiophene rings is 1. The van der Waals surface area contributed by atoms with Crippen LogP contribution in [0.1, 0.15) is 0 Å². The van der Waals surface area contributed by atoms with E-state index in [-0.39, 0.29) is 0 Å². The third-order valence-electron chi connectivity index (χ3n) is 8.56. The molecule has 0 atom stereocenters. The van der Waals surface area contributed by atoms with Crippen molar-refractivity contribution in [3.05, 3.63) is 152 Å². The fraction of sp³-hybridized carbons (Fsp3) is 0. The first-order chi connectivity index (χ1) is 21.3. The van der Waals surface area contributed by atoms with E-state index in [1.54, 1.807) is 0 Å². The van der Waals surface area contributed by atoms with Gasteiger partial charge in [0.1, 0.15) is 0 Å². The lowest BCUT2D eigenvalue weighted by Gasteiger charge is -2.26. The molecule has 0 bridgehead atoms. The van der Waals surface area contributed by atoms with Gasteiger partial charge in [0, 0.05) is 59.6 Å². The van der Waals surface area contributed by atoms with Gasteiger partial charge in [0.05, 0.1) is 0 Å². The molecule has 1 aliphatic rings. The van der Waals surface area contributed by atoms with Crippen molar-refractivity contribution in [2.45, 2.75) is 0 Å². The van der Waals surface area contributed by atoms with Crippen molar-refractivity contribution < 1.29 is 0 Å². The van der Waals surface area contributed by atoms with E-state index in [4.69, 9.17) is 0 Å². The molecule has 0 saturated carbocycles. The third kappa shape index (κ3) is 3.93. The van der Waals surface area contributed by atoms with Crippen LogP contribution in [0.4, 0.5) is 28.4 Å². The fourth-order valence-corrected chi connectivity index (χ4v) is 7.65. The summed E-state index contributed by atoms with van der Waals surface area (Å²) in [6.45, 7) is 0. The van der Waals surface area contributed by atoms with Gasteiger partial charge < -0.3 is 10.2 Å². The van der Waals surface area contributed by atoms with E-state index in [1.165, 1.54) is 58.9 Å². The van der Waals surface area contributed by atoms with E-state index in [1.807, 2.05) is 11.3 Å². The van der Waals surface area contributed by atoms with E-state index in [0.717, 1.165) is 22.7 Å². The molecular weight excluding hydrogens is 541 g/mol. The predicted octanol–water partition coefficient (Wildman–Crippen LogP) is 12.1. The van der Waals surface area contributed by atoms with Gasteiger partial charge in [-0.1, -0.05) is 78.9 Å². The van der Waals surface area contributed by atoms with E-state index in [9.17, 15) is 0 Å². The zero-order valence-corrected chi connectivity index (χ0v) is 24.1. The number of hydrogen-bond acceptors (Lipinski definition) is 3. The molecule has 3 heteroatoms. The summed E-state index contributed by atoms with van der Waals surface area (Å²) in [4.78, 5) is 2.36. The number of nitrogens with zero attached hydrogens (tertiary/aromatic N) is 1. The molecule has 0 fully saturated rings. The van der Waals surface area contributed by atoms with Gasteiger partial charge in [-0.2, -0.15) is 0 Å². The molecule has 8 aromatic rings. The molecule has 0 radical (unpaired) electrons. The first kappa shape index (κ1) is 24.2. The summed E-state index contributed by atoms with van der Waals surface area (Å²) in [7, 11) is 0. The second-order valence-corrected chi connectivity index (χ2v) is 12.2. The summed E-state index contributed by atoms with van der Waals surface area (Å²) in [5, 5.41) is 8.78. The predicted molar refractivity (Wildman–Crippen MR) is 186 cm³/mol. The van der Waals surface area contributed by atoms with Crippen molar-refractivity contribution in [2.24, 2.45) is 0 Å². The molecule has 1 aromatic heterocycles. The Hall–Kier alpha value is -5.38. The largest absolute Gasteiger partial charge is 0.354 e. The maximum absolute atomic E-state index is 3.63. The number of rotatable bonds is 4. The van der Waals surface area contributed by atoms with Gasteiger partial charge in [0.2, 0.25) is 0 Å². The highest BCUT2D eigenvalue weighted by molar-refractivity contribution is 7.25. The van der Waals surface area contributed by atoms with Crippen LogP contribution in [0.3, 0.4) is 0 Å². The van der Waals surface area contributed by atoms with Crippen LogP contribution in [0.15, 0.2) is 152 Å². The quantitative estimate of drug-likeness (QED) is 0.228. The highest BCUT2D eigenvalue weighted by Gasteiger charge is 2.19. The summed E-state index contributed by atoms with van der Waals surface area (Å²) < 4.78 is 2.64. The van der Waals surface area contributed by atoms with Crippen LogP contribution in [-0.2, 0) is 0 Å². The molecule has 2 nitrogen and oxygen atoms in total. The van der Waals surface area contributed by atoms with Crippen molar-refractivity contribution in [2.75, 3.05) is 10.2 Å². The Morgan fingerprint density at radius 2 is 1.16 bits per heavy atom. The SMILES string of the molecule is c1ccc(N(c2ccc(-c3cc4c5c(cccc5c3)Nc3ccccc3-4)cc2)c2ccc3sc4ccccc4c3c2)cc1. The van der Waals surface area contributed by atoms with Crippen molar-refractivity contribution in [3.8, 4) is 22.3 Å². The number of para-hydroxylation sites is 2. The Kier molecular flexibility index (Phi) is 5.40. The maximum Gasteiger partial charge on any atom is 0.0470 e. The molecule has 0 aliphatic carbocycles. The maximum atomic E-state index is 3.63. The Labute approximate surface area is 254 Å². The van der Waals surface area contributed by atoms with E-state index in [0.29, 0.717) is 0 Å². The van der Waals surface area contributed by atoms with E-state index in [2.05, 4.69) is 162 Å². The Morgan fingerprint density at radius 3 is 2.07 bits per heavy atom. The molecule has 1 aliphatic heterocycles. The van der Waals surface area contributed by atoms with Crippen LogP contribution in [0, 0.1) is 0 Å². The van der Waals surface area contributed by atoms with Crippen molar-refractivity contribution in [1.29, 1.82) is 0 Å². The molecule has 9 rings (SSSR count). The average Bonchev–Trinajstić information content (AvgIpc) is 3.44. The van der Waals surface area contributed by atoms with Crippen molar-refractivity contribution >= 4 is 70.7 Å². The van der Waals surface area contributed by atoms with Crippen LogP contribution >= 0.6 is 11.3 Å². The van der Waals surface area contributed by atoms with Gasteiger partial charge in [0.15, 0.2) is 0 Å². The number of fused-ring (bicyclic) bond motifs is 5. The number of anilines is 5. The van der Waals surface area contributed by atoms with E-state index >= 15 is 0 Å². The van der Waals surface area contributed by atoms with Gasteiger partial charge in [-0.25, -0.2) is 0 Å². The van der Waals surface area contributed by atoms with Gasteiger partial charge in [-0.3, -0.25) is 0 Å². The minimum absolute atomic E-state index is 1.13. The van der Waals surface area contributed by atoms with Crippen LogP contribution in [0.25, 0.3) is 53.2 Å². The lowest BCUT2D eigenvalue weighted by Crippen LogP contribution is -2.09. The number of hydrogen-bond donors (Lipinski definition) is 1. The Morgan fingerprint density at radius 1 is 0.442 bits per heavy atom. The topological polar surface area (TPSA) is 15.3 Å².